The first-order chi connectivity index (χ1) is 13.3. The van der Waals surface area contributed by atoms with E-state index < -0.39 is 5.60 Å². The zero-order valence-electron chi connectivity index (χ0n) is 16.1. The van der Waals surface area contributed by atoms with E-state index in [1.165, 1.54) is 17.8 Å². The second kappa shape index (κ2) is 8.62. The summed E-state index contributed by atoms with van der Waals surface area (Å²) >= 11 is 7.13. The fraction of sp³-hybridized carbons (Fsp3) is 0.381. The van der Waals surface area contributed by atoms with Crippen molar-refractivity contribution in [3.8, 4) is 11.5 Å². The Hall–Kier alpha value is -1.92. The Bertz CT molecular complexity index is 875. The van der Waals surface area contributed by atoms with Gasteiger partial charge in [0, 0.05) is 28.8 Å². The molecule has 1 aliphatic heterocycles. The molecule has 0 unspecified atom stereocenters. The quantitative estimate of drug-likeness (QED) is 0.698. The fourth-order valence-corrected chi connectivity index (χ4v) is 4.20. The molecule has 1 atom stereocenters. The monoisotopic (exact) mass is 423 g/mol. The van der Waals surface area contributed by atoms with Crippen LogP contribution in [0.1, 0.15) is 37.4 Å². The summed E-state index contributed by atoms with van der Waals surface area (Å²) < 4.78 is 25.2. The standard InChI is InChI=1S/C21H23ClFNO3S/c1-21(2)10-18(16-7-6-15(26-3)9-19(16)27-21)24-20(25)12-28-11-13-4-5-14(22)8-17(13)23/h4-9,18H,10-12H2,1-3H3,(H,24,25)/t18-/m0/s1. The highest BCUT2D eigenvalue weighted by atomic mass is 35.5. The summed E-state index contributed by atoms with van der Waals surface area (Å²) in [5, 5.41) is 3.45. The summed E-state index contributed by atoms with van der Waals surface area (Å²) in [6.45, 7) is 3.99. The molecule has 2 aromatic carbocycles. The highest BCUT2D eigenvalue weighted by Crippen LogP contribution is 2.41. The molecule has 0 aromatic heterocycles. The maximum atomic E-state index is 13.8. The fourth-order valence-electron chi connectivity index (χ4n) is 3.22. The lowest BCUT2D eigenvalue weighted by Crippen LogP contribution is -2.41. The summed E-state index contributed by atoms with van der Waals surface area (Å²) in [7, 11) is 1.61. The predicted octanol–water partition coefficient (Wildman–Crippen LogP) is 5.14. The van der Waals surface area contributed by atoms with Gasteiger partial charge in [0.15, 0.2) is 0 Å². The third-order valence-electron chi connectivity index (χ3n) is 4.52. The Morgan fingerprint density at radius 3 is 2.86 bits per heavy atom. The molecule has 0 saturated carbocycles. The highest BCUT2D eigenvalue weighted by Gasteiger charge is 2.34. The maximum Gasteiger partial charge on any atom is 0.230 e. The molecular weight excluding hydrogens is 401 g/mol. The van der Waals surface area contributed by atoms with Crippen LogP contribution in [0.25, 0.3) is 0 Å². The highest BCUT2D eigenvalue weighted by molar-refractivity contribution is 7.99. The van der Waals surface area contributed by atoms with Crippen molar-refractivity contribution in [3.05, 3.63) is 58.4 Å². The van der Waals surface area contributed by atoms with Gasteiger partial charge in [-0.15, -0.1) is 11.8 Å². The zero-order chi connectivity index (χ0) is 20.3. The van der Waals surface area contributed by atoms with Gasteiger partial charge in [-0.1, -0.05) is 17.7 Å². The number of hydrogen-bond acceptors (Lipinski definition) is 4. The molecule has 0 spiro atoms. The molecule has 1 heterocycles. The second-order valence-electron chi connectivity index (χ2n) is 7.32. The molecule has 0 radical (unpaired) electrons. The van der Waals surface area contributed by atoms with Crippen LogP contribution in [-0.4, -0.2) is 24.4 Å². The van der Waals surface area contributed by atoms with Crippen molar-refractivity contribution in [1.29, 1.82) is 0 Å². The zero-order valence-corrected chi connectivity index (χ0v) is 17.6. The van der Waals surface area contributed by atoms with Gasteiger partial charge in [-0.3, -0.25) is 4.79 Å². The van der Waals surface area contributed by atoms with E-state index in [0.717, 1.165) is 11.3 Å². The topological polar surface area (TPSA) is 47.6 Å². The van der Waals surface area contributed by atoms with Crippen molar-refractivity contribution < 1.29 is 18.7 Å². The number of fused-ring (bicyclic) bond motifs is 1. The number of carbonyl (C=O) groups is 1. The van der Waals surface area contributed by atoms with E-state index in [2.05, 4.69) is 5.32 Å². The van der Waals surface area contributed by atoms with Gasteiger partial charge in [0.05, 0.1) is 18.9 Å². The summed E-state index contributed by atoms with van der Waals surface area (Å²) in [4.78, 5) is 12.5. The number of methoxy groups -OCH3 is 1. The van der Waals surface area contributed by atoms with E-state index in [1.54, 1.807) is 19.2 Å². The van der Waals surface area contributed by atoms with E-state index >= 15 is 0 Å². The molecule has 3 rings (SSSR count). The Balaban J connectivity index is 1.62. The summed E-state index contributed by atoms with van der Waals surface area (Å²) in [5.74, 6) is 1.63. The smallest absolute Gasteiger partial charge is 0.230 e. The van der Waals surface area contributed by atoms with Crippen LogP contribution < -0.4 is 14.8 Å². The van der Waals surface area contributed by atoms with Crippen LogP contribution >= 0.6 is 23.4 Å². The van der Waals surface area contributed by atoms with E-state index in [9.17, 15) is 9.18 Å². The number of ether oxygens (including phenoxy) is 2. The van der Waals surface area contributed by atoms with E-state index in [4.69, 9.17) is 21.1 Å². The van der Waals surface area contributed by atoms with Gasteiger partial charge in [0.2, 0.25) is 5.91 Å². The number of hydrogen-bond donors (Lipinski definition) is 1. The molecule has 0 bridgehead atoms. The minimum absolute atomic E-state index is 0.0937. The average Bonchev–Trinajstić information content (AvgIpc) is 2.62. The minimum Gasteiger partial charge on any atom is -0.497 e. The number of amides is 1. The minimum atomic E-state index is -0.406. The first-order valence-electron chi connectivity index (χ1n) is 8.95. The van der Waals surface area contributed by atoms with Crippen molar-refractivity contribution in [1.82, 2.24) is 5.32 Å². The van der Waals surface area contributed by atoms with Crippen molar-refractivity contribution >= 4 is 29.3 Å². The van der Waals surface area contributed by atoms with Gasteiger partial charge >= 0.3 is 0 Å². The maximum absolute atomic E-state index is 13.8. The third kappa shape index (κ3) is 5.11. The molecule has 7 heteroatoms. The second-order valence-corrected chi connectivity index (χ2v) is 8.74. The van der Waals surface area contributed by atoms with Crippen molar-refractivity contribution in [2.24, 2.45) is 0 Å². The molecule has 150 valence electrons. The lowest BCUT2D eigenvalue weighted by molar-refractivity contribution is -0.119. The summed E-state index contributed by atoms with van der Waals surface area (Å²) in [5.41, 5.74) is 1.06. The molecular formula is C21H23ClFNO3S. The molecule has 0 fully saturated rings. The molecule has 0 saturated heterocycles. The normalized spacial score (nSPS) is 17.4. The van der Waals surface area contributed by atoms with E-state index in [1.807, 2.05) is 32.0 Å². The van der Waals surface area contributed by atoms with E-state index in [-0.39, 0.29) is 23.5 Å². The van der Waals surface area contributed by atoms with Gasteiger partial charge in [0.1, 0.15) is 22.9 Å². The summed E-state index contributed by atoms with van der Waals surface area (Å²) in [6, 6.07) is 10.1. The molecule has 1 aliphatic rings. The number of benzene rings is 2. The lowest BCUT2D eigenvalue weighted by Gasteiger charge is -2.38. The van der Waals surface area contributed by atoms with E-state index in [0.29, 0.717) is 28.5 Å². The van der Waals surface area contributed by atoms with Crippen LogP contribution in [0.15, 0.2) is 36.4 Å². The number of nitrogens with one attached hydrogen (secondary N) is 1. The van der Waals surface area contributed by atoms with Crippen molar-refractivity contribution in [2.75, 3.05) is 12.9 Å². The van der Waals surface area contributed by atoms with Gasteiger partial charge in [-0.2, -0.15) is 0 Å². The van der Waals surface area contributed by atoms with Crippen molar-refractivity contribution in [3.63, 3.8) is 0 Å². The Morgan fingerprint density at radius 2 is 2.14 bits per heavy atom. The van der Waals surface area contributed by atoms with Crippen LogP contribution in [0.2, 0.25) is 5.02 Å². The Morgan fingerprint density at radius 1 is 1.36 bits per heavy atom. The number of halogens is 2. The van der Waals surface area contributed by atoms with Crippen LogP contribution in [-0.2, 0) is 10.5 Å². The molecule has 1 N–H and O–H groups in total. The number of rotatable bonds is 6. The lowest BCUT2D eigenvalue weighted by atomic mass is 9.89. The predicted molar refractivity (Wildman–Crippen MR) is 111 cm³/mol. The average molecular weight is 424 g/mol. The van der Waals surface area contributed by atoms with Gasteiger partial charge in [-0.05, 0) is 43.7 Å². The largest absolute Gasteiger partial charge is 0.497 e. The van der Waals surface area contributed by atoms with Gasteiger partial charge < -0.3 is 14.8 Å². The first-order valence-corrected chi connectivity index (χ1v) is 10.5. The van der Waals surface area contributed by atoms with Crippen LogP contribution in [0.5, 0.6) is 11.5 Å². The molecule has 1 amide bonds. The Labute approximate surface area is 173 Å². The SMILES string of the molecule is COc1ccc2c(c1)OC(C)(C)C[C@@H]2NC(=O)CSCc1ccc(Cl)cc1F. The number of thioether (sulfide) groups is 1. The number of carbonyl (C=O) groups excluding carboxylic acids is 1. The van der Waals surface area contributed by atoms with Gasteiger partial charge in [-0.25, -0.2) is 4.39 Å². The van der Waals surface area contributed by atoms with Crippen LogP contribution in [0.4, 0.5) is 4.39 Å². The molecule has 2 aromatic rings. The van der Waals surface area contributed by atoms with Gasteiger partial charge in [0.25, 0.3) is 0 Å². The van der Waals surface area contributed by atoms with Crippen LogP contribution in [0.3, 0.4) is 0 Å². The Kier molecular flexibility index (Phi) is 6.40. The molecule has 28 heavy (non-hydrogen) atoms. The van der Waals surface area contributed by atoms with Crippen LogP contribution in [0, 0.1) is 5.82 Å². The molecule has 4 nitrogen and oxygen atoms in total. The molecule has 0 aliphatic carbocycles. The first kappa shape index (κ1) is 20.8. The van der Waals surface area contributed by atoms with Crippen molar-refractivity contribution in [2.45, 2.75) is 37.7 Å². The third-order valence-corrected chi connectivity index (χ3v) is 5.74. The summed E-state index contributed by atoms with van der Waals surface area (Å²) in [6.07, 6.45) is 0.661.